The Morgan fingerprint density at radius 2 is 1.62 bits per heavy atom. The molecule has 0 spiro atoms. The van der Waals surface area contributed by atoms with Crippen molar-refractivity contribution in [2.75, 3.05) is 0 Å². The molecule has 106 valence electrons. The fraction of sp³-hybridized carbons (Fsp3) is 0.133. The summed E-state index contributed by atoms with van der Waals surface area (Å²) >= 11 is 4.48. The van der Waals surface area contributed by atoms with Gasteiger partial charge in [-0.05, 0) is 10.8 Å². The van der Waals surface area contributed by atoms with Gasteiger partial charge in [0.25, 0.3) is 0 Å². The quantitative estimate of drug-likeness (QED) is 0.569. The van der Waals surface area contributed by atoms with Crippen LogP contribution in [0.3, 0.4) is 0 Å². The average molecular weight is 297 g/mol. The van der Waals surface area contributed by atoms with Gasteiger partial charge in [0.2, 0.25) is 4.99 Å². The lowest BCUT2D eigenvalue weighted by Crippen LogP contribution is -2.40. The number of hydrogen-bond acceptors (Lipinski definition) is 5. The van der Waals surface area contributed by atoms with E-state index < -0.39 is 4.99 Å². The van der Waals surface area contributed by atoms with E-state index in [1.807, 2.05) is 60.7 Å². The number of thiol groups is 1. The Balaban J connectivity index is 1.85. The van der Waals surface area contributed by atoms with Gasteiger partial charge in [0.1, 0.15) is 0 Å². The van der Waals surface area contributed by atoms with E-state index in [-0.39, 0.29) is 0 Å². The zero-order chi connectivity index (χ0) is 14.7. The van der Waals surface area contributed by atoms with E-state index in [2.05, 4.69) is 28.0 Å². The Morgan fingerprint density at radius 3 is 2.29 bits per heavy atom. The van der Waals surface area contributed by atoms with E-state index in [4.69, 9.17) is 5.73 Å². The number of tetrazole rings is 1. The summed E-state index contributed by atoms with van der Waals surface area (Å²) in [5.74, 6) is 0.612. The highest BCUT2D eigenvalue weighted by Gasteiger charge is 2.27. The van der Waals surface area contributed by atoms with Gasteiger partial charge in [0.05, 0.1) is 0 Å². The molecule has 1 unspecified atom stereocenters. The SMILES string of the molecule is NC(S)(c1ccccc1)n1nnc(Cc2ccccc2)n1. The number of nitrogens with zero attached hydrogens (tertiary/aromatic N) is 4. The first-order chi connectivity index (χ1) is 10.2. The molecule has 1 atom stereocenters. The van der Waals surface area contributed by atoms with Gasteiger partial charge in [0, 0.05) is 12.0 Å². The van der Waals surface area contributed by atoms with Gasteiger partial charge >= 0.3 is 0 Å². The molecule has 0 fully saturated rings. The molecular formula is C15H15N5S. The molecule has 2 aromatic carbocycles. The molecule has 1 aromatic heterocycles. The maximum Gasteiger partial charge on any atom is 0.201 e. The minimum absolute atomic E-state index is 0.611. The second kappa shape index (κ2) is 5.67. The molecule has 3 rings (SSSR count). The number of benzene rings is 2. The van der Waals surface area contributed by atoms with Gasteiger partial charge < -0.3 is 0 Å². The molecule has 1 heterocycles. The number of nitrogens with two attached hydrogens (primary N) is 1. The average Bonchev–Trinajstić information content (AvgIpc) is 2.98. The van der Waals surface area contributed by atoms with Gasteiger partial charge in [0.15, 0.2) is 5.82 Å². The smallest absolute Gasteiger partial charge is 0.201 e. The first-order valence-corrected chi connectivity index (χ1v) is 7.01. The van der Waals surface area contributed by atoms with Crippen LogP contribution in [0.2, 0.25) is 0 Å². The molecule has 21 heavy (non-hydrogen) atoms. The van der Waals surface area contributed by atoms with Crippen molar-refractivity contribution in [3.63, 3.8) is 0 Å². The second-order valence-corrected chi connectivity index (χ2v) is 5.43. The lowest BCUT2D eigenvalue weighted by Gasteiger charge is -2.21. The van der Waals surface area contributed by atoms with Crippen molar-refractivity contribution in [3.8, 4) is 0 Å². The Hall–Kier alpha value is -2.18. The number of hydrogen-bond donors (Lipinski definition) is 2. The Labute approximate surface area is 128 Å². The zero-order valence-electron chi connectivity index (χ0n) is 11.3. The fourth-order valence-electron chi connectivity index (χ4n) is 2.04. The van der Waals surface area contributed by atoms with Crippen molar-refractivity contribution in [2.24, 2.45) is 5.73 Å². The first kappa shape index (κ1) is 13.8. The summed E-state index contributed by atoms with van der Waals surface area (Å²) in [4.78, 5) is 0.215. The molecule has 0 amide bonds. The summed E-state index contributed by atoms with van der Waals surface area (Å²) in [5.41, 5.74) is 8.15. The minimum atomic E-state index is -1.12. The van der Waals surface area contributed by atoms with E-state index in [0.717, 1.165) is 11.1 Å². The molecular weight excluding hydrogens is 282 g/mol. The lowest BCUT2D eigenvalue weighted by molar-refractivity contribution is 0.421. The summed E-state index contributed by atoms with van der Waals surface area (Å²) in [7, 11) is 0. The van der Waals surface area contributed by atoms with Crippen molar-refractivity contribution in [1.82, 2.24) is 20.2 Å². The monoisotopic (exact) mass is 297 g/mol. The molecule has 0 bridgehead atoms. The van der Waals surface area contributed by atoms with Crippen LogP contribution in [0.1, 0.15) is 17.0 Å². The third kappa shape index (κ3) is 2.96. The molecule has 0 radical (unpaired) electrons. The normalized spacial score (nSPS) is 13.8. The zero-order valence-corrected chi connectivity index (χ0v) is 12.2. The largest absolute Gasteiger partial charge is 0.293 e. The topological polar surface area (TPSA) is 69.6 Å². The van der Waals surface area contributed by atoms with Gasteiger partial charge in [-0.2, -0.15) is 0 Å². The van der Waals surface area contributed by atoms with Crippen molar-refractivity contribution in [1.29, 1.82) is 0 Å². The molecule has 0 aliphatic carbocycles. The van der Waals surface area contributed by atoms with Gasteiger partial charge in [-0.15, -0.1) is 27.6 Å². The minimum Gasteiger partial charge on any atom is -0.293 e. The fourth-order valence-corrected chi connectivity index (χ4v) is 2.27. The lowest BCUT2D eigenvalue weighted by atomic mass is 10.1. The third-order valence-corrected chi connectivity index (χ3v) is 3.60. The first-order valence-electron chi connectivity index (χ1n) is 6.56. The third-order valence-electron chi connectivity index (χ3n) is 3.16. The van der Waals surface area contributed by atoms with Crippen molar-refractivity contribution in [3.05, 3.63) is 77.6 Å². The van der Waals surface area contributed by atoms with E-state index >= 15 is 0 Å². The van der Waals surface area contributed by atoms with Crippen LogP contribution in [0.5, 0.6) is 0 Å². The highest BCUT2D eigenvalue weighted by molar-refractivity contribution is 7.81. The van der Waals surface area contributed by atoms with E-state index in [0.29, 0.717) is 12.2 Å². The predicted molar refractivity (Wildman–Crippen MR) is 83.8 cm³/mol. The van der Waals surface area contributed by atoms with Crippen molar-refractivity contribution < 1.29 is 0 Å². The van der Waals surface area contributed by atoms with Crippen LogP contribution < -0.4 is 5.73 Å². The van der Waals surface area contributed by atoms with Gasteiger partial charge in [-0.3, -0.25) is 5.73 Å². The second-order valence-electron chi connectivity index (χ2n) is 4.75. The van der Waals surface area contributed by atoms with Crippen LogP contribution in [0, 0.1) is 0 Å². The molecule has 0 saturated carbocycles. The number of rotatable bonds is 4. The molecule has 0 saturated heterocycles. The Morgan fingerprint density at radius 1 is 1.00 bits per heavy atom. The van der Waals surface area contributed by atoms with Crippen LogP contribution in [-0.4, -0.2) is 20.2 Å². The number of aromatic nitrogens is 4. The molecule has 6 heteroatoms. The summed E-state index contributed by atoms with van der Waals surface area (Å²) in [6.45, 7) is 0. The summed E-state index contributed by atoms with van der Waals surface area (Å²) in [5, 5.41) is 12.4. The predicted octanol–water partition coefficient (Wildman–Crippen LogP) is 1.81. The molecule has 3 aromatic rings. The standard InChI is InChI=1S/C15H15N5S/c16-15(21,13-9-5-2-6-10-13)20-18-14(17-19-20)11-12-7-3-1-4-8-12/h1-10,21H,11,16H2. The summed E-state index contributed by atoms with van der Waals surface area (Å²) in [6.07, 6.45) is 0.611. The highest BCUT2D eigenvalue weighted by atomic mass is 32.1. The van der Waals surface area contributed by atoms with Crippen LogP contribution in [-0.2, 0) is 11.4 Å². The van der Waals surface area contributed by atoms with Crippen molar-refractivity contribution in [2.45, 2.75) is 11.4 Å². The van der Waals surface area contributed by atoms with E-state index in [9.17, 15) is 0 Å². The Kier molecular flexibility index (Phi) is 3.72. The maximum atomic E-state index is 6.23. The summed E-state index contributed by atoms with van der Waals surface area (Å²) in [6, 6.07) is 19.5. The van der Waals surface area contributed by atoms with Gasteiger partial charge in [-0.1, -0.05) is 60.7 Å². The van der Waals surface area contributed by atoms with E-state index in [1.54, 1.807) is 0 Å². The molecule has 0 aliphatic rings. The molecule has 5 nitrogen and oxygen atoms in total. The highest BCUT2D eigenvalue weighted by Crippen LogP contribution is 2.22. The van der Waals surface area contributed by atoms with Crippen LogP contribution in [0.15, 0.2) is 60.7 Å². The van der Waals surface area contributed by atoms with E-state index in [1.165, 1.54) is 4.80 Å². The maximum absolute atomic E-state index is 6.23. The molecule has 0 aliphatic heterocycles. The van der Waals surface area contributed by atoms with Crippen LogP contribution in [0.4, 0.5) is 0 Å². The molecule has 2 N–H and O–H groups in total. The summed E-state index contributed by atoms with van der Waals surface area (Å²) < 4.78 is 0. The Bertz CT molecular complexity index is 709. The van der Waals surface area contributed by atoms with Crippen molar-refractivity contribution >= 4 is 12.6 Å². The van der Waals surface area contributed by atoms with Gasteiger partial charge in [-0.25, -0.2) is 0 Å². The van der Waals surface area contributed by atoms with Crippen LogP contribution in [0.25, 0.3) is 0 Å². The van der Waals surface area contributed by atoms with Crippen LogP contribution >= 0.6 is 12.6 Å².